The number of nitrogens with one attached hydrogen (secondary N) is 2. The van der Waals surface area contributed by atoms with E-state index in [1.807, 2.05) is 6.92 Å². The number of aryl methyl sites for hydroxylation is 1. The zero-order chi connectivity index (χ0) is 21.7. The Kier molecular flexibility index (Phi) is 6.68. The van der Waals surface area contributed by atoms with Crippen molar-refractivity contribution in [1.29, 1.82) is 0 Å². The Morgan fingerprint density at radius 1 is 1.33 bits per heavy atom. The molecule has 1 unspecified atom stereocenters. The summed E-state index contributed by atoms with van der Waals surface area (Å²) >= 11 is 1.15. The van der Waals surface area contributed by atoms with Crippen LogP contribution in [0.25, 0.3) is 0 Å². The van der Waals surface area contributed by atoms with E-state index in [1.54, 1.807) is 31.2 Å². The van der Waals surface area contributed by atoms with E-state index in [0.717, 1.165) is 17.5 Å². The number of aliphatic imine (C=N–C) groups is 1. The van der Waals surface area contributed by atoms with E-state index in [1.165, 1.54) is 18.2 Å². The number of amides is 2. The van der Waals surface area contributed by atoms with Gasteiger partial charge < -0.3 is 15.4 Å². The van der Waals surface area contributed by atoms with Gasteiger partial charge in [-0.2, -0.15) is 0 Å². The maximum atomic E-state index is 12.7. The molecule has 2 amide bonds. The third-order valence-electron chi connectivity index (χ3n) is 4.22. The van der Waals surface area contributed by atoms with Gasteiger partial charge in [-0.15, -0.1) is 0 Å². The van der Waals surface area contributed by atoms with Crippen molar-refractivity contribution in [3.63, 3.8) is 0 Å². The van der Waals surface area contributed by atoms with Crippen LogP contribution in [0.4, 0.5) is 17.1 Å². The van der Waals surface area contributed by atoms with E-state index in [-0.39, 0.29) is 23.9 Å². The molecule has 156 valence electrons. The van der Waals surface area contributed by atoms with Crippen molar-refractivity contribution in [3.05, 3.63) is 58.1 Å². The predicted octanol–water partition coefficient (Wildman–Crippen LogP) is 3.55. The molecule has 1 heterocycles. The van der Waals surface area contributed by atoms with Gasteiger partial charge in [0.1, 0.15) is 11.0 Å². The van der Waals surface area contributed by atoms with Crippen LogP contribution in [-0.2, 0) is 9.59 Å². The number of nitrogens with zero attached hydrogens (tertiary/aromatic N) is 2. The molecule has 1 fully saturated rings. The molecule has 10 heteroatoms. The smallest absolute Gasteiger partial charge is 0.269 e. The van der Waals surface area contributed by atoms with Crippen molar-refractivity contribution >= 4 is 45.8 Å². The highest BCUT2D eigenvalue weighted by atomic mass is 32.2. The van der Waals surface area contributed by atoms with Crippen LogP contribution in [0.3, 0.4) is 0 Å². The molecular weight excluding hydrogens is 408 g/mol. The molecule has 0 spiro atoms. The second kappa shape index (κ2) is 9.40. The summed E-state index contributed by atoms with van der Waals surface area (Å²) in [7, 11) is 0. The van der Waals surface area contributed by atoms with Gasteiger partial charge >= 0.3 is 0 Å². The van der Waals surface area contributed by atoms with E-state index in [9.17, 15) is 19.7 Å². The number of rotatable bonds is 6. The molecule has 1 atom stereocenters. The topological polar surface area (TPSA) is 123 Å². The summed E-state index contributed by atoms with van der Waals surface area (Å²) < 4.78 is 5.39. The molecule has 3 rings (SSSR count). The Morgan fingerprint density at radius 3 is 2.70 bits per heavy atom. The number of anilines is 1. The summed E-state index contributed by atoms with van der Waals surface area (Å²) in [5, 5.41) is 15.9. The monoisotopic (exact) mass is 428 g/mol. The Bertz CT molecular complexity index is 1010. The molecule has 9 nitrogen and oxygen atoms in total. The molecule has 0 aliphatic carbocycles. The maximum Gasteiger partial charge on any atom is 0.269 e. The lowest BCUT2D eigenvalue weighted by Gasteiger charge is -2.22. The summed E-state index contributed by atoms with van der Waals surface area (Å²) in [6, 6.07) is 11.3. The predicted molar refractivity (Wildman–Crippen MR) is 115 cm³/mol. The van der Waals surface area contributed by atoms with Gasteiger partial charge in [-0.25, -0.2) is 4.99 Å². The molecule has 0 aromatic heterocycles. The van der Waals surface area contributed by atoms with Gasteiger partial charge in [-0.3, -0.25) is 19.7 Å². The minimum absolute atomic E-state index is 0.00479. The summed E-state index contributed by atoms with van der Waals surface area (Å²) in [5.41, 5.74) is 1.59. The highest BCUT2D eigenvalue weighted by Crippen LogP contribution is 2.27. The zero-order valence-electron chi connectivity index (χ0n) is 16.4. The van der Waals surface area contributed by atoms with Crippen molar-refractivity contribution in [2.24, 2.45) is 4.99 Å². The number of hydrogen-bond acceptors (Lipinski definition) is 7. The number of thioether (sulfide) groups is 1. The van der Waals surface area contributed by atoms with Gasteiger partial charge in [0.25, 0.3) is 5.69 Å². The molecule has 2 aromatic rings. The Hall–Kier alpha value is -3.40. The molecule has 2 N–H and O–H groups in total. The van der Waals surface area contributed by atoms with Gasteiger partial charge in [-0.1, -0.05) is 11.8 Å². The standard InChI is InChI=1S/C20H20N4O5S/c1-3-29-15-7-4-13(5-8-15)21-20-23-18(25)11-17(30-20)19(26)22-16-9-6-14(24(27)28)10-12(16)2/h4-10,17H,3,11H2,1-2H3,(H,22,26)(H,21,23,25). The number of amidine groups is 1. The van der Waals surface area contributed by atoms with Crippen molar-refractivity contribution < 1.29 is 19.2 Å². The lowest BCUT2D eigenvalue weighted by Crippen LogP contribution is -2.41. The third-order valence-corrected chi connectivity index (χ3v) is 5.30. The first-order valence-corrected chi connectivity index (χ1v) is 10.1. The average molecular weight is 428 g/mol. The number of carbonyl (C=O) groups excluding carboxylic acids is 2. The number of benzene rings is 2. The molecule has 0 bridgehead atoms. The van der Waals surface area contributed by atoms with Gasteiger partial charge in [0.15, 0.2) is 5.17 Å². The molecule has 0 saturated carbocycles. The van der Waals surface area contributed by atoms with Crippen LogP contribution in [0.5, 0.6) is 5.75 Å². The van der Waals surface area contributed by atoms with Crippen LogP contribution in [0, 0.1) is 17.0 Å². The largest absolute Gasteiger partial charge is 0.494 e. The zero-order valence-corrected chi connectivity index (χ0v) is 17.2. The quantitative estimate of drug-likeness (QED) is 0.536. The molecule has 1 aliphatic rings. The van der Waals surface area contributed by atoms with E-state index in [0.29, 0.717) is 28.7 Å². The molecule has 2 aromatic carbocycles. The Labute approximate surface area is 177 Å². The number of nitro groups is 1. The average Bonchev–Trinajstić information content (AvgIpc) is 2.70. The SMILES string of the molecule is CCOc1ccc(N=C2NC(=O)CC(C(=O)Nc3ccc([N+](=O)[O-])cc3C)S2)cc1. The van der Waals surface area contributed by atoms with Crippen molar-refractivity contribution in [3.8, 4) is 5.75 Å². The number of hydrogen-bond donors (Lipinski definition) is 2. The second-order valence-corrected chi connectivity index (χ2v) is 7.64. The molecule has 0 radical (unpaired) electrons. The van der Waals surface area contributed by atoms with Gasteiger partial charge in [0, 0.05) is 24.2 Å². The van der Waals surface area contributed by atoms with Gasteiger partial charge in [0.05, 0.1) is 17.2 Å². The van der Waals surface area contributed by atoms with Crippen LogP contribution in [0.15, 0.2) is 47.5 Å². The summed E-state index contributed by atoms with van der Waals surface area (Å²) in [4.78, 5) is 39.5. The van der Waals surface area contributed by atoms with Crippen LogP contribution < -0.4 is 15.4 Å². The second-order valence-electron chi connectivity index (χ2n) is 6.45. The van der Waals surface area contributed by atoms with E-state index in [2.05, 4.69) is 15.6 Å². The summed E-state index contributed by atoms with van der Waals surface area (Å²) in [6.07, 6.45) is 0.00479. The maximum absolute atomic E-state index is 12.7. The van der Waals surface area contributed by atoms with Crippen molar-refractivity contribution in [1.82, 2.24) is 5.32 Å². The molecule has 1 saturated heterocycles. The number of non-ortho nitro benzene ring substituents is 1. The third kappa shape index (κ3) is 5.35. The van der Waals surface area contributed by atoms with Crippen LogP contribution in [0.2, 0.25) is 0 Å². The van der Waals surface area contributed by atoms with Crippen molar-refractivity contribution in [2.75, 3.05) is 11.9 Å². The van der Waals surface area contributed by atoms with E-state index in [4.69, 9.17) is 4.74 Å². The highest BCUT2D eigenvalue weighted by Gasteiger charge is 2.30. The number of nitro benzene ring substituents is 1. The normalized spacial score (nSPS) is 17.3. The van der Waals surface area contributed by atoms with Gasteiger partial charge in [0.2, 0.25) is 11.8 Å². The number of carbonyl (C=O) groups is 2. The first-order valence-electron chi connectivity index (χ1n) is 9.19. The molecular formula is C20H20N4O5S. The minimum atomic E-state index is -0.671. The fourth-order valence-electron chi connectivity index (χ4n) is 2.76. The first kappa shape index (κ1) is 21.3. The van der Waals surface area contributed by atoms with Crippen molar-refractivity contribution in [2.45, 2.75) is 25.5 Å². The highest BCUT2D eigenvalue weighted by molar-refractivity contribution is 8.15. The van der Waals surface area contributed by atoms with Crippen LogP contribution in [-0.4, -0.2) is 33.8 Å². The fraction of sp³-hybridized carbons (Fsp3) is 0.250. The lowest BCUT2D eigenvalue weighted by molar-refractivity contribution is -0.384. The van der Waals surface area contributed by atoms with Gasteiger partial charge in [-0.05, 0) is 49.7 Å². The summed E-state index contributed by atoms with van der Waals surface area (Å²) in [5.74, 6) is 0.0442. The Morgan fingerprint density at radius 2 is 2.07 bits per heavy atom. The first-order chi connectivity index (χ1) is 14.4. The van der Waals surface area contributed by atoms with Crippen LogP contribution >= 0.6 is 11.8 Å². The van der Waals surface area contributed by atoms with Crippen LogP contribution in [0.1, 0.15) is 18.9 Å². The minimum Gasteiger partial charge on any atom is -0.494 e. The van der Waals surface area contributed by atoms with E-state index >= 15 is 0 Å². The molecule has 1 aliphatic heterocycles. The molecule has 30 heavy (non-hydrogen) atoms. The fourth-order valence-corrected chi connectivity index (χ4v) is 3.76. The number of ether oxygens (including phenoxy) is 1. The lowest BCUT2D eigenvalue weighted by atomic mass is 10.1. The Balaban J connectivity index is 1.71. The van der Waals surface area contributed by atoms with E-state index < -0.39 is 10.2 Å². The summed E-state index contributed by atoms with van der Waals surface area (Å²) in [6.45, 7) is 4.12.